The van der Waals surface area contributed by atoms with Gasteiger partial charge >= 0.3 is 0 Å². The third-order valence-corrected chi connectivity index (χ3v) is 4.08. The number of benzene rings is 2. The van der Waals surface area contributed by atoms with Crippen LogP contribution in [0.3, 0.4) is 0 Å². The largest absolute Gasteiger partial charge is 0.322 e. The average molecular weight is 375 g/mol. The maximum atomic E-state index is 13.3. The maximum absolute atomic E-state index is 13.3. The molecule has 3 rings (SSSR count). The normalized spacial score (nSPS) is 10.8. The lowest BCUT2D eigenvalue weighted by atomic mass is 10.0. The van der Waals surface area contributed by atoms with E-state index in [1.165, 1.54) is 24.5 Å². The van der Waals surface area contributed by atoms with Gasteiger partial charge in [-0.05, 0) is 42.3 Å². The van der Waals surface area contributed by atoms with Gasteiger partial charge in [0.25, 0.3) is 0 Å². The van der Waals surface area contributed by atoms with Crippen molar-refractivity contribution in [2.75, 3.05) is 5.32 Å². The molecule has 3 aromatic rings. The van der Waals surface area contributed by atoms with Gasteiger partial charge in [-0.2, -0.15) is 0 Å². The minimum absolute atomic E-state index is 0.0854. The number of amides is 1. The van der Waals surface area contributed by atoms with Crippen LogP contribution in [0.2, 0.25) is 0 Å². The van der Waals surface area contributed by atoms with Gasteiger partial charge in [-0.15, -0.1) is 0 Å². The molecule has 1 aromatic heterocycles. The molecule has 0 bridgehead atoms. The van der Waals surface area contributed by atoms with Crippen LogP contribution < -0.4 is 5.32 Å². The first-order valence-electron chi connectivity index (χ1n) is 8.63. The van der Waals surface area contributed by atoms with Gasteiger partial charge in [0.1, 0.15) is 12.1 Å². The van der Waals surface area contributed by atoms with E-state index in [0.717, 1.165) is 5.56 Å². The fourth-order valence-electron chi connectivity index (χ4n) is 2.61. The molecule has 0 unspecified atom stereocenters. The van der Waals surface area contributed by atoms with Crippen molar-refractivity contribution in [1.82, 2.24) is 9.97 Å². The quantitative estimate of drug-likeness (QED) is 0.522. The zero-order valence-corrected chi connectivity index (χ0v) is 15.2. The predicted octanol–water partition coefficient (Wildman–Crippen LogP) is 4.00. The Morgan fingerprint density at radius 2 is 1.89 bits per heavy atom. The van der Waals surface area contributed by atoms with Gasteiger partial charge in [0.15, 0.2) is 5.78 Å². The minimum atomic E-state index is -0.377. The molecular formula is C22H18FN3O2. The molecule has 0 aliphatic carbocycles. The Kier molecular flexibility index (Phi) is 6.01. The summed E-state index contributed by atoms with van der Waals surface area (Å²) >= 11 is 0. The lowest BCUT2D eigenvalue weighted by Crippen LogP contribution is -2.11. The summed E-state index contributed by atoms with van der Waals surface area (Å²) in [6, 6.07) is 11.1. The van der Waals surface area contributed by atoms with Gasteiger partial charge in [-0.3, -0.25) is 9.59 Å². The molecule has 0 aliphatic heterocycles. The Balaban J connectivity index is 1.71. The molecule has 1 heterocycles. The fraction of sp³-hybridized carbons (Fsp3) is 0.0909. The molecule has 0 radical (unpaired) electrons. The number of hydrogen-bond acceptors (Lipinski definition) is 4. The summed E-state index contributed by atoms with van der Waals surface area (Å²) in [5, 5.41) is 2.77. The first kappa shape index (κ1) is 19.1. The number of carbonyl (C=O) groups is 2. The second kappa shape index (κ2) is 8.81. The first-order valence-corrected chi connectivity index (χ1v) is 8.63. The van der Waals surface area contributed by atoms with Crippen molar-refractivity contribution in [2.24, 2.45) is 0 Å². The molecule has 28 heavy (non-hydrogen) atoms. The van der Waals surface area contributed by atoms with Gasteiger partial charge in [-0.25, -0.2) is 14.4 Å². The van der Waals surface area contributed by atoms with Crippen LogP contribution in [0, 0.1) is 12.7 Å². The summed E-state index contributed by atoms with van der Waals surface area (Å²) in [4.78, 5) is 32.5. The second-order valence-electron chi connectivity index (χ2n) is 6.25. The van der Waals surface area contributed by atoms with Crippen LogP contribution in [0.5, 0.6) is 0 Å². The SMILES string of the molecule is Cc1ccc(C(=O)Cc2cccc(F)c2)cc1NC(=O)/C=C/c1cncnc1. The van der Waals surface area contributed by atoms with Crippen molar-refractivity contribution >= 4 is 23.5 Å². The smallest absolute Gasteiger partial charge is 0.248 e. The molecule has 0 fully saturated rings. The number of anilines is 1. The number of aromatic nitrogens is 2. The maximum Gasteiger partial charge on any atom is 0.248 e. The number of halogens is 1. The van der Waals surface area contributed by atoms with Gasteiger partial charge in [-0.1, -0.05) is 24.3 Å². The summed E-state index contributed by atoms with van der Waals surface area (Å²) in [6.45, 7) is 1.84. The van der Waals surface area contributed by atoms with Gasteiger partial charge in [0, 0.05) is 41.7 Å². The molecule has 0 aliphatic rings. The van der Waals surface area contributed by atoms with Crippen LogP contribution >= 0.6 is 0 Å². The van der Waals surface area contributed by atoms with Crippen molar-refractivity contribution in [3.8, 4) is 0 Å². The van der Waals surface area contributed by atoms with Crippen LogP contribution in [0.1, 0.15) is 27.0 Å². The molecule has 1 N–H and O–H groups in total. The Labute approximate surface area is 162 Å². The lowest BCUT2D eigenvalue weighted by Gasteiger charge is -2.09. The molecule has 2 aromatic carbocycles. The van der Waals surface area contributed by atoms with E-state index >= 15 is 0 Å². The Morgan fingerprint density at radius 1 is 1.11 bits per heavy atom. The van der Waals surface area contributed by atoms with Crippen molar-refractivity contribution < 1.29 is 14.0 Å². The molecule has 5 nitrogen and oxygen atoms in total. The highest BCUT2D eigenvalue weighted by Crippen LogP contribution is 2.19. The highest BCUT2D eigenvalue weighted by molar-refractivity contribution is 6.04. The van der Waals surface area contributed by atoms with Crippen LogP contribution in [-0.4, -0.2) is 21.7 Å². The standard InChI is InChI=1S/C22H18FN3O2/c1-15-5-7-18(21(27)10-16-3-2-4-19(23)9-16)11-20(15)26-22(28)8-6-17-12-24-14-25-13-17/h2-9,11-14H,10H2,1H3,(H,26,28)/b8-6+. The molecule has 0 saturated heterocycles. The summed E-state index contributed by atoms with van der Waals surface area (Å²) in [7, 11) is 0. The number of ketones is 1. The number of rotatable bonds is 6. The van der Waals surface area contributed by atoms with E-state index in [1.54, 1.807) is 48.8 Å². The van der Waals surface area contributed by atoms with Crippen LogP contribution in [-0.2, 0) is 11.2 Å². The Hall–Kier alpha value is -3.67. The van der Waals surface area contributed by atoms with Crippen molar-refractivity contribution in [3.63, 3.8) is 0 Å². The zero-order valence-electron chi connectivity index (χ0n) is 15.2. The fourth-order valence-corrected chi connectivity index (χ4v) is 2.61. The minimum Gasteiger partial charge on any atom is -0.322 e. The lowest BCUT2D eigenvalue weighted by molar-refractivity contribution is -0.111. The molecular weight excluding hydrogens is 357 g/mol. The summed E-state index contributed by atoms with van der Waals surface area (Å²) < 4.78 is 13.3. The molecule has 6 heteroatoms. The topological polar surface area (TPSA) is 72.0 Å². The van der Waals surface area contributed by atoms with Crippen molar-refractivity contribution in [1.29, 1.82) is 0 Å². The summed E-state index contributed by atoms with van der Waals surface area (Å²) in [5.74, 6) is -0.863. The number of hydrogen-bond donors (Lipinski definition) is 1. The third kappa shape index (κ3) is 5.17. The highest BCUT2D eigenvalue weighted by Gasteiger charge is 2.11. The van der Waals surface area contributed by atoms with Crippen molar-refractivity contribution in [2.45, 2.75) is 13.3 Å². The third-order valence-electron chi connectivity index (χ3n) is 4.08. The number of aryl methyl sites for hydroxylation is 1. The number of nitrogens with zero attached hydrogens (tertiary/aromatic N) is 2. The van der Waals surface area contributed by atoms with E-state index in [1.807, 2.05) is 6.92 Å². The number of nitrogens with one attached hydrogen (secondary N) is 1. The predicted molar refractivity (Wildman–Crippen MR) is 105 cm³/mol. The van der Waals surface area contributed by atoms with Crippen LogP contribution in [0.4, 0.5) is 10.1 Å². The molecule has 0 spiro atoms. The molecule has 0 saturated carbocycles. The number of carbonyl (C=O) groups excluding carboxylic acids is 2. The van der Waals surface area contributed by atoms with E-state index in [9.17, 15) is 14.0 Å². The summed E-state index contributed by atoms with van der Waals surface area (Å²) in [5.41, 5.74) is 3.12. The van der Waals surface area contributed by atoms with E-state index < -0.39 is 0 Å². The van der Waals surface area contributed by atoms with Gasteiger partial charge in [0.2, 0.25) is 5.91 Å². The van der Waals surface area contributed by atoms with E-state index in [0.29, 0.717) is 22.4 Å². The molecule has 1 amide bonds. The summed E-state index contributed by atoms with van der Waals surface area (Å²) in [6.07, 6.45) is 7.65. The van der Waals surface area contributed by atoms with Gasteiger partial charge < -0.3 is 5.32 Å². The zero-order chi connectivity index (χ0) is 19.9. The molecule has 0 atom stereocenters. The number of Topliss-reactive ketones (excluding diaryl/α,β-unsaturated/α-hetero) is 1. The van der Waals surface area contributed by atoms with E-state index in [4.69, 9.17) is 0 Å². The van der Waals surface area contributed by atoms with E-state index in [-0.39, 0.29) is 23.9 Å². The second-order valence-corrected chi connectivity index (χ2v) is 6.25. The Morgan fingerprint density at radius 3 is 2.64 bits per heavy atom. The van der Waals surface area contributed by atoms with Crippen LogP contribution in [0.15, 0.2) is 67.3 Å². The van der Waals surface area contributed by atoms with Crippen LogP contribution in [0.25, 0.3) is 6.08 Å². The molecule has 140 valence electrons. The Bertz CT molecular complexity index is 1030. The monoisotopic (exact) mass is 375 g/mol. The van der Waals surface area contributed by atoms with Gasteiger partial charge in [0.05, 0.1) is 0 Å². The van der Waals surface area contributed by atoms with Crippen molar-refractivity contribution in [3.05, 3.63) is 95.3 Å². The highest BCUT2D eigenvalue weighted by atomic mass is 19.1. The first-order chi connectivity index (χ1) is 13.5. The average Bonchev–Trinajstić information content (AvgIpc) is 2.69. The van der Waals surface area contributed by atoms with E-state index in [2.05, 4.69) is 15.3 Å².